The zero-order valence-corrected chi connectivity index (χ0v) is 16.0. The van der Waals surface area contributed by atoms with E-state index >= 15 is 0 Å². The first-order valence-corrected chi connectivity index (χ1v) is 9.58. The number of hydrogen-bond acceptors (Lipinski definition) is 2. The lowest BCUT2D eigenvalue weighted by Crippen LogP contribution is -2.41. The minimum atomic E-state index is -0.155. The predicted octanol–water partition coefficient (Wildman–Crippen LogP) is 3.00. The normalized spacial score (nSPS) is 18.2. The Morgan fingerprint density at radius 3 is 2.84 bits per heavy atom. The SMILES string of the molecule is CCN(CC)CC1CCN(C(=NC)NCCCc2cccc(F)c2)C1. The number of aliphatic imine (C=N–C) groups is 1. The number of aryl methyl sites for hydroxylation is 1. The van der Waals surface area contributed by atoms with Crippen LogP contribution in [0.3, 0.4) is 0 Å². The number of hydrogen-bond donors (Lipinski definition) is 1. The summed E-state index contributed by atoms with van der Waals surface area (Å²) >= 11 is 0. The second-order valence-corrected chi connectivity index (χ2v) is 6.79. The van der Waals surface area contributed by atoms with Gasteiger partial charge in [-0.2, -0.15) is 0 Å². The fraction of sp³-hybridized carbons (Fsp3) is 0.650. The van der Waals surface area contributed by atoms with E-state index in [0.29, 0.717) is 0 Å². The van der Waals surface area contributed by atoms with Crippen molar-refractivity contribution in [3.63, 3.8) is 0 Å². The molecule has 0 spiro atoms. The van der Waals surface area contributed by atoms with Crippen LogP contribution in [-0.4, -0.2) is 62.1 Å². The van der Waals surface area contributed by atoms with Gasteiger partial charge in [-0.15, -0.1) is 0 Å². The molecule has 1 aliphatic rings. The molecule has 1 aliphatic heterocycles. The molecule has 0 amide bonds. The molecule has 1 aromatic rings. The molecule has 1 fully saturated rings. The van der Waals surface area contributed by atoms with Crippen LogP contribution < -0.4 is 5.32 Å². The minimum Gasteiger partial charge on any atom is -0.356 e. The summed E-state index contributed by atoms with van der Waals surface area (Å²) in [4.78, 5) is 9.32. The maximum absolute atomic E-state index is 13.2. The van der Waals surface area contributed by atoms with E-state index in [1.807, 2.05) is 13.1 Å². The third-order valence-corrected chi connectivity index (χ3v) is 5.02. The fourth-order valence-corrected chi connectivity index (χ4v) is 3.54. The van der Waals surface area contributed by atoms with Crippen molar-refractivity contribution in [1.82, 2.24) is 15.1 Å². The maximum atomic E-state index is 13.2. The summed E-state index contributed by atoms with van der Waals surface area (Å²) in [6, 6.07) is 6.87. The van der Waals surface area contributed by atoms with E-state index in [9.17, 15) is 4.39 Å². The molecule has 1 atom stereocenters. The first-order chi connectivity index (χ1) is 12.2. The summed E-state index contributed by atoms with van der Waals surface area (Å²) in [5.41, 5.74) is 1.05. The van der Waals surface area contributed by atoms with E-state index in [0.717, 1.165) is 63.0 Å². The lowest BCUT2D eigenvalue weighted by Gasteiger charge is -2.24. The molecule has 1 aromatic carbocycles. The Labute approximate surface area is 152 Å². The molecule has 1 N–H and O–H groups in total. The van der Waals surface area contributed by atoms with Crippen molar-refractivity contribution in [3.8, 4) is 0 Å². The molecule has 25 heavy (non-hydrogen) atoms. The topological polar surface area (TPSA) is 30.9 Å². The lowest BCUT2D eigenvalue weighted by atomic mass is 10.1. The van der Waals surface area contributed by atoms with Crippen molar-refractivity contribution >= 4 is 5.96 Å². The molecule has 2 rings (SSSR count). The largest absolute Gasteiger partial charge is 0.356 e. The molecule has 0 aliphatic carbocycles. The van der Waals surface area contributed by atoms with Crippen molar-refractivity contribution in [1.29, 1.82) is 0 Å². The number of halogens is 1. The van der Waals surface area contributed by atoms with Crippen LogP contribution in [0.5, 0.6) is 0 Å². The van der Waals surface area contributed by atoms with E-state index in [1.165, 1.54) is 19.0 Å². The fourth-order valence-electron chi connectivity index (χ4n) is 3.54. The second kappa shape index (κ2) is 10.4. The molecule has 0 saturated carbocycles. The molecule has 0 bridgehead atoms. The highest BCUT2D eigenvalue weighted by Gasteiger charge is 2.25. The number of guanidine groups is 1. The first-order valence-electron chi connectivity index (χ1n) is 9.58. The first kappa shape index (κ1) is 19.7. The van der Waals surface area contributed by atoms with Gasteiger partial charge in [0, 0.05) is 33.2 Å². The van der Waals surface area contributed by atoms with Crippen molar-refractivity contribution < 1.29 is 4.39 Å². The molecule has 1 heterocycles. The van der Waals surface area contributed by atoms with Crippen LogP contribution in [0.1, 0.15) is 32.3 Å². The summed E-state index contributed by atoms with van der Waals surface area (Å²) in [7, 11) is 1.85. The Hall–Kier alpha value is -1.62. The van der Waals surface area contributed by atoms with Gasteiger partial charge in [0.25, 0.3) is 0 Å². The predicted molar refractivity (Wildman–Crippen MR) is 104 cm³/mol. The van der Waals surface area contributed by atoms with Gasteiger partial charge >= 0.3 is 0 Å². The van der Waals surface area contributed by atoms with Crippen LogP contribution in [0.25, 0.3) is 0 Å². The number of rotatable bonds is 8. The van der Waals surface area contributed by atoms with Gasteiger partial charge in [0.1, 0.15) is 5.82 Å². The Bertz CT molecular complexity index is 542. The van der Waals surface area contributed by atoms with Crippen LogP contribution in [0.4, 0.5) is 4.39 Å². The van der Waals surface area contributed by atoms with Gasteiger partial charge in [-0.3, -0.25) is 4.99 Å². The van der Waals surface area contributed by atoms with E-state index in [2.05, 4.69) is 34.0 Å². The second-order valence-electron chi connectivity index (χ2n) is 6.79. The number of nitrogens with zero attached hydrogens (tertiary/aromatic N) is 3. The van der Waals surface area contributed by atoms with Gasteiger partial charge in [-0.25, -0.2) is 4.39 Å². The monoisotopic (exact) mass is 348 g/mol. The molecular weight excluding hydrogens is 315 g/mol. The van der Waals surface area contributed by atoms with Crippen LogP contribution in [0, 0.1) is 11.7 Å². The number of likely N-dealkylation sites (tertiary alicyclic amines) is 1. The minimum absolute atomic E-state index is 0.155. The highest BCUT2D eigenvalue weighted by atomic mass is 19.1. The maximum Gasteiger partial charge on any atom is 0.193 e. The molecule has 4 nitrogen and oxygen atoms in total. The van der Waals surface area contributed by atoms with E-state index < -0.39 is 0 Å². The lowest BCUT2D eigenvalue weighted by molar-refractivity contribution is 0.255. The summed E-state index contributed by atoms with van der Waals surface area (Å²) in [5, 5.41) is 3.47. The molecule has 0 radical (unpaired) electrons. The summed E-state index contributed by atoms with van der Waals surface area (Å²) < 4.78 is 13.2. The zero-order valence-electron chi connectivity index (χ0n) is 16.0. The van der Waals surface area contributed by atoms with Crippen molar-refractivity contribution in [3.05, 3.63) is 35.6 Å². The summed E-state index contributed by atoms with van der Waals surface area (Å²) in [5.74, 6) is 1.57. The third-order valence-electron chi connectivity index (χ3n) is 5.02. The number of nitrogens with one attached hydrogen (secondary N) is 1. The molecule has 1 saturated heterocycles. The van der Waals surface area contributed by atoms with Crippen LogP contribution >= 0.6 is 0 Å². The highest BCUT2D eigenvalue weighted by Crippen LogP contribution is 2.17. The summed E-state index contributed by atoms with van der Waals surface area (Å²) in [6.07, 6.45) is 3.09. The highest BCUT2D eigenvalue weighted by molar-refractivity contribution is 5.80. The average molecular weight is 349 g/mol. The quantitative estimate of drug-likeness (QED) is 0.445. The van der Waals surface area contributed by atoms with E-state index in [1.54, 1.807) is 12.1 Å². The standard InChI is InChI=1S/C20H33FN4/c1-4-24(5-2)15-18-11-13-25(16-18)20(22-3)23-12-7-9-17-8-6-10-19(21)14-17/h6,8,10,14,18H,4-5,7,9,11-13,15-16H2,1-3H3,(H,22,23). The van der Waals surface area contributed by atoms with E-state index in [4.69, 9.17) is 0 Å². The molecule has 0 aromatic heterocycles. The van der Waals surface area contributed by atoms with Crippen molar-refractivity contribution in [2.75, 3.05) is 46.3 Å². The Balaban J connectivity index is 1.72. The van der Waals surface area contributed by atoms with Gasteiger partial charge in [0.05, 0.1) is 0 Å². The van der Waals surface area contributed by atoms with Crippen LogP contribution in [-0.2, 0) is 6.42 Å². The Morgan fingerprint density at radius 2 is 2.16 bits per heavy atom. The zero-order chi connectivity index (χ0) is 18.1. The van der Waals surface area contributed by atoms with Gasteiger partial charge in [0.2, 0.25) is 0 Å². The third kappa shape index (κ3) is 6.31. The molecule has 140 valence electrons. The Kier molecular flexibility index (Phi) is 8.19. The van der Waals surface area contributed by atoms with Crippen molar-refractivity contribution in [2.45, 2.75) is 33.1 Å². The van der Waals surface area contributed by atoms with Crippen molar-refractivity contribution in [2.24, 2.45) is 10.9 Å². The van der Waals surface area contributed by atoms with Gasteiger partial charge < -0.3 is 15.1 Å². The molecule has 1 unspecified atom stereocenters. The van der Waals surface area contributed by atoms with Gasteiger partial charge in [-0.1, -0.05) is 26.0 Å². The summed E-state index contributed by atoms with van der Waals surface area (Å²) in [6.45, 7) is 10.9. The van der Waals surface area contributed by atoms with Gasteiger partial charge in [0.15, 0.2) is 5.96 Å². The van der Waals surface area contributed by atoms with E-state index in [-0.39, 0.29) is 5.82 Å². The average Bonchev–Trinajstić information content (AvgIpc) is 3.08. The van der Waals surface area contributed by atoms with Gasteiger partial charge in [-0.05, 0) is 56.0 Å². The smallest absolute Gasteiger partial charge is 0.193 e. The van der Waals surface area contributed by atoms with Crippen LogP contribution in [0.15, 0.2) is 29.3 Å². The van der Waals surface area contributed by atoms with Crippen LogP contribution in [0.2, 0.25) is 0 Å². The number of benzene rings is 1. The molecule has 5 heteroatoms. The Morgan fingerprint density at radius 1 is 1.36 bits per heavy atom. The molecular formula is C20H33FN4.